The molecule has 66 heavy (non-hydrogen) atoms. The van der Waals surface area contributed by atoms with Crippen LogP contribution in [0.5, 0.6) is 0 Å². The first-order valence-electron chi connectivity index (χ1n) is 29.4. The van der Waals surface area contributed by atoms with Crippen LogP contribution in [0.1, 0.15) is 309 Å². The van der Waals surface area contributed by atoms with E-state index in [1.165, 1.54) is 225 Å². The van der Waals surface area contributed by atoms with Crippen LogP contribution in [0.4, 0.5) is 0 Å². The Morgan fingerprint density at radius 2 is 0.636 bits per heavy atom. The van der Waals surface area contributed by atoms with Gasteiger partial charge in [0.25, 0.3) is 0 Å². The van der Waals surface area contributed by atoms with Crippen LogP contribution in [0.15, 0.2) is 36.5 Å². The van der Waals surface area contributed by atoms with Gasteiger partial charge in [-0.15, -0.1) is 0 Å². The maximum atomic E-state index is 12.6. The number of rotatable bonds is 54. The number of carbonyl (C=O) groups excluding carboxylic acids is 1. The smallest absolute Gasteiger partial charge is 0.249 e. The monoisotopic (exact) mass is 930 g/mol. The van der Waals surface area contributed by atoms with E-state index in [1.54, 1.807) is 0 Å². The fraction of sp³-hybridized carbons (Fsp3) is 0.883. The minimum atomic E-state index is -1.29. The van der Waals surface area contributed by atoms with Gasteiger partial charge in [-0.25, -0.2) is 0 Å². The number of carbonyl (C=O) groups is 1. The lowest BCUT2D eigenvalue weighted by molar-refractivity contribution is -0.132. The highest BCUT2D eigenvalue weighted by molar-refractivity contribution is 5.80. The summed E-state index contributed by atoms with van der Waals surface area (Å²) in [6, 6.07) is -1.01. The highest BCUT2D eigenvalue weighted by atomic mass is 16.3. The summed E-state index contributed by atoms with van der Waals surface area (Å²) in [7, 11) is 0. The first-order chi connectivity index (χ1) is 32.5. The Hall–Kier alpha value is -1.47. The highest BCUT2D eigenvalue weighted by Crippen LogP contribution is 2.17. The highest BCUT2D eigenvalue weighted by Gasteiger charge is 2.28. The van der Waals surface area contributed by atoms with Crippen molar-refractivity contribution >= 4 is 5.91 Å². The van der Waals surface area contributed by atoms with Crippen molar-refractivity contribution in [1.82, 2.24) is 5.32 Å². The van der Waals surface area contributed by atoms with Crippen LogP contribution in [-0.4, -0.2) is 57.3 Å². The Morgan fingerprint density at radius 1 is 0.364 bits per heavy atom. The van der Waals surface area contributed by atoms with Crippen LogP contribution < -0.4 is 5.32 Å². The van der Waals surface area contributed by atoms with Gasteiger partial charge in [-0.2, -0.15) is 0 Å². The SMILES string of the molecule is CCCCCCCCCCCC/C=C\CCCCCCCCC(O)C(=O)NC(CO)C(O)C(O)CCC/C=C/CC/C=C/CCCCCCCCCCCCCCCCCCCCCCC. The Labute approximate surface area is 411 Å². The molecule has 0 bridgehead atoms. The van der Waals surface area contributed by atoms with Crippen molar-refractivity contribution in [3.05, 3.63) is 36.5 Å². The predicted octanol–water partition coefficient (Wildman–Crippen LogP) is 17.2. The topological polar surface area (TPSA) is 110 Å². The van der Waals surface area contributed by atoms with E-state index in [1.807, 2.05) is 0 Å². The van der Waals surface area contributed by atoms with Crippen LogP contribution in [0.25, 0.3) is 0 Å². The summed E-state index contributed by atoms with van der Waals surface area (Å²) < 4.78 is 0. The third kappa shape index (κ3) is 47.6. The summed E-state index contributed by atoms with van der Waals surface area (Å²) in [6.07, 6.45) is 68.0. The lowest BCUT2D eigenvalue weighted by atomic mass is 10.00. The summed E-state index contributed by atoms with van der Waals surface area (Å²) in [5, 5.41) is 44.0. The standard InChI is InChI=1S/C60H115NO5/c1-3-5-7-9-11-13-15-17-19-21-23-25-26-27-28-29-30-31-32-33-34-36-37-39-41-43-45-47-49-51-53-57(63)59(65)56(55-62)61-60(66)58(64)54-52-50-48-46-44-42-40-38-35-24-22-20-18-16-14-12-10-8-6-4-2/h35,37-39,45,47,56-59,62-65H,3-34,36,40-44,46,48-55H2,1-2H3,(H,61,66)/b38-35-,39-37+,47-45+. The van der Waals surface area contributed by atoms with E-state index in [0.29, 0.717) is 19.3 Å². The second-order valence-electron chi connectivity index (χ2n) is 20.3. The molecule has 0 spiro atoms. The number of amides is 1. The molecule has 5 N–H and O–H groups in total. The van der Waals surface area contributed by atoms with Crippen molar-refractivity contribution in [3.63, 3.8) is 0 Å². The summed E-state index contributed by atoms with van der Waals surface area (Å²) in [5.41, 5.74) is 0. The molecule has 0 saturated heterocycles. The summed E-state index contributed by atoms with van der Waals surface area (Å²) in [6.45, 7) is 4.07. The summed E-state index contributed by atoms with van der Waals surface area (Å²) >= 11 is 0. The molecule has 1 amide bonds. The van der Waals surface area contributed by atoms with E-state index in [2.05, 4.69) is 55.6 Å². The quantitative estimate of drug-likeness (QED) is 0.0308. The molecular weight excluding hydrogens is 815 g/mol. The number of hydrogen-bond acceptors (Lipinski definition) is 5. The molecule has 0 aliphatic heterocycles. The number of aliphatic hydroxyl groups excluding tert-OH is 4. The van der Waals surface area contributed by atoms with Crippen LogP contribution in [0, 0.1) is 0 Å². The molecule has 6 nitrogen and oxygen atoms in total. The van der Waals surface area contributed by atoms with E-state index in [9.17, 15) is 25.2 Å². The van der Waals surface area contributed by atoms with E-state index < -0.39 is 36.9 Å². The van der Waals surface area contributed by atoms with E-state index in [-0.39, 0.29) is 0 Å². The van der Waals surface area contributed by atoms with Gasteiger partial charge in [0, 0.05) is 0 Å². The van der Waals surface area contributed by atoms with Crippen LogP contribution in [0.2, 0.25) is 0 Å². The molecule has 6 heteroatoms. The van der Waals surface area contributed by atoms with Gasteiger partial charge in [0.2, 0.25) is 5.91 Å². The fourth-order valence-corrected chi connectivity index (χ4v) is 9.18. The molecular formula is C60H115NO5. The Kier molecular flexibility index (Phi) is 53.3. The zero-order chi connectivity index (χ0) is 48.1. The maximum absolute atomic E-state index is 12.6. The number of allylic oxidation sites excluding steroid dienone is 6. The van der Waals surface area contributed by atoms with Gasteiger partial charge in [-0.05, 0) is 77.0 Å². The number of hydrogen-bond donors (Lipinski definition) is 5. The second kappa shape index (κ2) is 54.5. The number of unbranched alkanes of at least 4 members (excludes halogenated alkanes) is 39. The van der Waals surface area contributed by atoms with Crippen LogP contribution in [0.3, 0.4) is 0 Å². The molecule has 0 aliphatic carbocycles. The summed E-state index contributed by atoms with van der Waals surface area (Å²) in [4.78, 5) is 12.6. The van der Waals surface area contributed by atoms with Crippen molar-refractivity contribution < 1.29 is 25.2 Å². The molecule has 0 aromatic carbocycles. The van der Waals surface area contributed by atoms with Crippen LogP contribution in [-0.2, 0) is 4.79 Å². The van der Waals surface area contributed by atoms with E-state index in [0.717, 1.165) is 51.4 Å². The molecule has 0 heterocycles. The van der Waals surface area contributed by atoms with Gasteiger partial charge in [0.05, 0.1) is 18.8 Å². The van der Waals surface area contributed by atoms with Gasteiger partial charge in [-0.3, -0.25) is 4.79 Å². The fourth-order valence-electron chi connectivity index (χ4n) is 9.18. The normalized spacial score (nSPS) is 14.0. The zero-order valence-corrected chi connectivity index (χ0v) is 44.2. The number of nitrogens with one attached hydrogen (secondary N) is 1. The second-order valence-corrected chi connectivity index (χ2v) is 20.3. The molecule has 390 valence electrons. The van der Waals surface area contributed by atoms with Crippen molar-refractivity contribution in [2.45, 2.75) is 334 Å². The first kappa shape index (κ1) is 64.5. The first-order valence-corrected chi connectivity index (χ1v) is 29.4. The van der Waals surface area contributed by atoms with Crippen molar-refractivity contribution in [1.29, 1.82) is 0 Å². The lowest BCUT2D eigenvalue weighted by Gasteiger charge is -2.27. The largest absolute Gasteiger partial charge is 0.394 e. The van der Waals surface area contributed by atoms with Gasteiger partial charge in [0.15, 0.2) is 0 Å². The molecule has 0 aromatic heterocycles. The molecule has 0 aliphatic rings. The van der Waals surface area contributed by atoms with Crippen LogP contribution >= 0.6 is 0 Å². The van der Waals surface area contributed by atoms with Crippen molar-refractivity contribution in [2.24, 2.45) is 0 Å². The maximum Gasteiger partial charge on any atom is 0.249 e. The minimum Gasteiger partial charge on any atom is -0.394 e. The average molecular weight is 931 g/mol. The molecule has 4 unspecified atom stereocenters. The van der Waals surface area contributed by atoms with E-state index >= 15 is 0 Å². The van der Waals surface area contributed by atoms with Gasteiger partial charge >= 0.3 is 0 Å². The lowest BCUT2D eigenvalue weighted by Crippen LogP contribution is -2.53. The predicted molar refractivity (Wildman–Crippen MR) is 288 cm³/mol. The summed E-state index contributed by atoms with van der Waals surface area (Å²) in [5.74, 6) is -0.599. The van der Waals surface area contributed by atoms with Crippen molar-refractivity contribution in [3.8, 4) is 0 Å². The minimum absolute atomic E-state index is 0.353. The molecule has 0 rings (SSSR count). The van der Waals surface area contributed by atoms with Gasteiger partial charge in [-0.1, -0.05) is 269 Å². The molecule has 0 saturated carbocycles. The third-order valence-electron chi connectivity index (χ3n) is 13.8. The van der Waals surface area contributed by atoms with Crippen molar-refractivity contribution in [2.75, 3.05) is 6.61 Å². The zero-order valence-electron chi connectivity index (χ0n) is 44.2. The Balaban J connectivity index is 3.66. The number of aliphatic hydroxyl groups is 4. The average Bonchev–Trinajstić information content (AvgIpc) is 3.32. The third-order valence-corrected chi connectivity index (χ3v) is 13.8. The molecule has 4 atom stereocenters. The Morgan fingerprint density at radius 3 is 0.955 bits per heavy atom. The molecule has 0 radical (unpaired) electrons. The molecule has 0 fully saturated rings. The van der Waals surface area contributed by atoms with Gasteiger partial charge in [0.1, 0.15) is 12.2 Å². The Bertz CT molecular complexity index is 1040. The van der Waals surface area contributed by atoms with E-state index in [4.69, 9.17) is 0 Å². The molecule has 0 aromatic rings. The van der Waals surface area contributed by atoms with Gasteiger partial charge < -0.3 is 25.7 Å².